The van der Waals surface area contributed by atoms with Gasteiger partial charge in [0.25, 0.3) is 5.56 Å². The summed E-state index contributed by atoms with van der Waals surface area (Å²) in [6.45, 7) is -0.0245. The van der Waals surface area contributed by atoms with Gasteiger partial charge in [-0.1, -0.05) is 35.3 Å². The zero-order valence-corrected chi connectivity index (χ0v) is 15.1. The normalized spacial score (nSPS) is 11.6. The number of nitrogen functional groups attached to an aromatic ring is 1. The van der Waals surface area contributed by atoms with Crippen LogP contribution >= 0.6 is 23.2 Å². The van der Waals surface area contributed by atoms with Crippen molar-refractivity contribution >= 4 is 28.9 Å². The van der Waals surface area contributed by atoms with E-state index in [9.17, 15) is 18.0 Å². The predicted molar refractivity (Wildman–Crippen MR) is 98.9 cm³/mol. The van der Waals surface area contributed by atoms with Gasteiger partial charge in [-0.2, -0.15) is 13.2 Å². The Morgan fingerprint density at radius 3 is 2.00 bits per heavy atom. The van der Waals surface area contributed by atoms with Crippen molar-refractivity contribution in [1.82, 2.24) is 9.55 Å². The Kier molecular flexibility index (Phi) is 5.17. The molecule has 27 heavy (non-hydrogen) atoms. The van der Waals surface area contributed by atoms with Crippen LogP contribution in [-0.4, -0.2) is 9.55 Å². The molecule has 9 heteroatoms. The van der Waals surface area contributed by atoms with Gasteiger partial charge in [0.2, 0.25) is 0 Å². The van der Waals surface area contributed by atoms with Gasteiger partial charge in [0.15, 0.2) is 5.69 Å². The summed E-state index contributed by atoms with van der Waals surface area (Å²) in [5.74, 6) is -0.159. The Labute approximate surface area is 162 Å². The Hall–Kier alpha value is -2.51. The lowest BCUT2D eigenvalue weighted by molar-refractivity contribution is -0.140. The molecule has 2 aromatic carbocycles. The van der Waals surface area contributed by atoms with Crippen molar-refractivity contribution < 1.29 is 13.2 Å². The Bertz CT molecular complexity index is 1030. The number of alkyl halides is 3. The molecule has 0 spiro atoms. The molecule has 4 nitrogen and oxygen atoms in total. The van der Waals surface area contributed by atoms with Gasteiger partial charge in [-0.15, -0.1) is 0 Å². The fourth-order valence-corrected chi connectivity index (χ4v) is 2.78. The molecule has 0 aliphatic heterocycles. The molecule has 0 fully saturated rings. The number of benzene rings is 2. The van der Waals surface area contributed by atoms with Gasteiger partial charge in [-0.3, -0.25) is 9.36 Å². The molecule has 0 amide bonds. The molecule has 1 heterocycles. The van der Waals surface area contributed by atoms with Gasteiger partial charge in [-0.25, -0.2) is 4.98 Å². The van der Waals surface area contributed by atoms with Crippen LogP contribution in [0.1, 0.15) is 11.3 Å². The standard InChI is InChI=1S/C18H12Cl2F3N3O/c19-12-5-1-10(2-6-12)9-26-16(11-3-7-13(20)8-4-11)25-15(18(21,22)23)14(24)17(26)27/h1-8H,9,24H2. The average Bonchev–Trinajstić information content (AvgIpc) is 2.61. The highest BCUT2D eigenvalue weighted by atomic mass is 35.5. The van der Waals surface area contributed by atoms with E-state index in [0.29, 0.717) is 21.2 Å². The van der Waals surface area contributed by atoms with Gasteiger partial charge in [0, 0.05) is 15.6 Å². The zero-order chi connectivity index (χ0) is 19.8. The number of aromatic nitrogens is 2. The first-order valence-electron chi connectivity index (χ1n) is 7.64. The molecule has 3 aromatic rings. The summed E-state index contributed by atoms with van der Waals surface area (Å²) < 4.78 is 40.9. The lowest BCUT2D eigenvalue weighted by Gasteiger charge is -2.17. The minimum Gasteiger partial charge on any atom is -0.392 e. The molecule has 0 saturated heterocycles. The monoisotopic (exact) mass is 413 g/mol. The molecule has 0 aliphatic carbocycles. The van der Waals surface area contributed by atoms with Crippen LogP contribution in [-0.2, 0) is 12.7 Å². The molecule has 0 aliphatic rings. The van der Waals surface area contributed by atoms with E-state index >= 15 is 0 Å². The summed E-state index contributed by atoms with van der Waals surface area (Å²) >= 11 is 11.7. The maximum Gasteiger partial charge on any atom is 0.435 e. The van der Waals surface area contributed by atoms with Crippen molar-refractivity contribution in [3.05, 3.63) is 80.2 Å². The quantitative estimate of drug-likeness (QED) is 0.666. The second-order valence-electron chi connectivity index (χ2n) is 5.72. The molecule has 0 bridgehead atoms. The fraction of sp³-hybridized carbons (Fsp3) is 0.111. The SMILES string of the molecule is Nc1c(C(F)(F)F)nc(-c2ccc(Cl)cc2)n(Cc2ccc(Cl)cc2)c1=O. The third-order valence-electron chi connectivity index (χ3n) is 3.83. The number of hydrogen-bond donors (Lipinski definition) is 1. The van der Waals surface area contributed by atoms with E-state index in [1.807, 2.05) is 0 Å². The highest BCUT2D eigenvalue weighted by Gasteiger charge is 2.37. The summed E-state index contributed by atoms with van der Waals surface area (Å²) in [5, 5.41) is 0.894. The Balaban J connectivity index is 2.23. The summed E-state index contributed by atoms with van der Waals surface area (Å²) in [5.41, 5.74) is 3.08. The summed E-state index contributed by atoms with van der Waals surface area (Å²) in [6, 6.07) is 12.5. The third-order valence-corrected chi connectivity index (χ3v) is 4.33. The molecule has 140 valence electrons. The summed E-state index contributed by atoms with van der Waals surface area (Å²) in [7, 11) is 0. The molecule has 3 rings (SSSR count). The van der Waals surface area contributed by atoms with Gasteiger partial charge < -0.3 is 5.73 Å². The maximum absolute atomic E-state index is 13.3. The number of nitrogens with zero attached hydrogens (tertiary/aromatic N) is 2. The first kappa shape index (κ1) is 19.3. The van der Waals surface area contributed by atoms with Crippen LogP contribution in [0.3, 0.4) is 0 Å². The fourth-order valence-electron chi connectivity index (χ4n) is 2.52. The van der Waals surface area contributed by atoms with E-state index in [1.54, 1.807) is 24.3 Å². The predicted octanol–water partition coefficient (Wildman–Crippen LogP) is 4.87. The molecule has 1 aromatic heterocycles. The van der Waals surface area contributed by atoms with Gasteiger partial charge in [0.1, 0.15) is 11.5 Å². The molecule has 0 saturated carbocycles. The highest BCUT2D eigenvalue weighted by Crippen LogP contribution is 2.32. The molecule has 0 unspecified atom stereocenters. The zero-order valence-electron chi connectivity index (χ0n) is 13.6. The van der Waals surface area contributed by atoms with Crippen LogP contribution < -0.4 is 11.3 Å². The van der Waals surface area contributed by atoms with Crippen molar-refractivity contribution in [2.24, 2.45) is 0 Å². The molecule has 0 atom stereocenters. The number of halogens is 5. The van der Waals surface area contributed by atoms with Crippen molar-refractivity contribution in [3.63, 3.8) is 0 Å². The Morgan fingerprint density at radius 2 is 1.48 bits per heavy atom. The molecular weight excluding hydrogens is 402 g/mol. The maximum atomic E-state index is 13.3. The van der Waals surface area contributed by atoms with E-state index in [0.717, 1.165) is 4.57 Å². The average molecular weight is 414 g/mol. The number of hydrogen-bond acceptors (Lipinski definition) is 3. The van der Waals surface area contributed by atoms with Crippen LogP contribution in [0.25, 0.3) is 11.4 Å². The smallest absolute Gasteiger partial charge is 0.392 e. The second kappa shape index (κ2) is 7.25. The number of nitrogens with two attached hydrogens (primary N) is 1. The van der Waals surface area contributed by atoms with E-state index < -0.39 is 23.1 Å². The van der Waals surface area contributed by atoms with Crippen LogP contribution in [0, 0.1) is 0 Å². The highest BCUT2D eigenvalue weighted by molar-refractivity contribution is 6.30. The van der Waals surface area contributed by atoms with Crippen LogP contribution in [0.5, 0.6) is 0 Å². The van der Waals surface area contributed by atoms with Crippen molar-refractivity contribution in [2.45, 2.75) is 12.7 Å². The number of rotatable bonds is 3. The first-order valence-corrected chi connectivity index (χ1v) is 8.40. The first-order chi connectivity index (χ1) is 12.7. The third kappa shape index (κ3) is 4.09. The number of anilines is 1. The lowest BCUT2D eigenvalue weighted by atomic mass is 10.1. The van der Waals surface area contributed by atoms with Crippen LogP contribution in [0.2, 0.25) is 10.0 Å². The second-order valence-corrected chi connectivity index (χ2v) is 6.59. The van der Waals surface area contributed by atoms with E-state index in [-0.39, 0.29) is 12.4 Å². The van der Waals surface area contributed by atoms with Crippen LogP contribution in [0.4, 0.5) is 18.9 Å². The van der Waals surface area contributed by atoms with E-state index in [2.05, 4.69) is 4.98 Å². The van der Waals surface area contributed by atoms with Crippen LogP contribution in [0.15, 0.2) is 53.3 Å². The van der Waals surface area contributed by atoms with Crippen molar-refractivity contribution in [2.75, 3.05) is 5.73 Å². The van der Waals surface area contributed by atoms with Crippen molar-refractivity contribution in [1.29, 1.82) is 0 Å². The van der Waals surface area contributed by atoms with E-state index in [4.69, 9.17) is 28.9 Å². The molecular formula is C18H12Cl2F3N3O. The van der Waals surface area contributed by atoms with Crippen molar-refractivity contribution in [3.8, 4) is 11.4 Å². The van der Waals surface area contributed by atoms with Gasteiger partial charge >= 0.3 is 6.18 Å². The van der Waals surface area contributed by atoms with Gasteiger partial charge in [0.05, 0.1) is 6.54 Å². The molecule has 2 N–H and O–H groups in total. The van der Waals surface area contributed by atoms with Gasteiger partial charge in [-0.05, 0) is 42.0 Å². The molecule has 0 radical (unpaired) electrons. The Morgan fingerprint density at radius 1 is 0.963 bits per heavy atom. The topological polar surface area (TPSA) is 60.9 Å². The lowest BCUT2D eigenvalue weighted by Crippen LogP contribution is -2.30. The van der Waals surface area contributed by atoms with E-state index in [1.165, 1.54) is 24.3 Å². The summed E-state index contributed by atoms with van der Waals surface area (Å²) in [6.07, 6.45) is -4.86. The minimum atomic E-state index is -4.86. The summed E-state index contributed by atoms with van der Waals surface area (Å²) in [4.78, 5) is 16.3. The minimum absolute atomic E-state index is 0.0245. The largest absolute Gasteiger partial charge is 0.435 e.